The maximum atomic E-state index is 5.02. The molecule has 0 aliphatic heterocycles. The summed E-state index contributed by atoms with van der Waals surface area (Å²) >= 11 is 0. The molecule has 0 heterocycles. The summed E-state index contributed by atoms with van der Waals surface area (Å²) in [5.41, 5.74) is 1.16. The van der Waals surface area contributed by atoms with Crippen LogP contribution in [-0.4, -0.2) is 20.3 Å². The van der Waals surface area contributed by atoms with Gasteiger partial charge in [-0.05, 0) is 20.3 Å². The van der Waals surface area contributed by atoms with Crippen LogP contribution in [0.4, 0.5) is 0 Å². The molecule has 118 valence electrons. The molecule has 0 bridgehead atoms. The molecule has 2 nitrogen and oxygen atoms in total. The summed E-state index contributed by atoms with van der Waals surface area (Å²) in [5.74, 6) is 0.419. The van der Waals surface area contributed by atoms with E-state index < -0.39 is 0 Å². The molecule has 0 amide bonds. The van der Waals surface area contributed by atoms with Gasteiger partial charge in [-0.15, -0.1) is 13.2 Å². The minimum Gasteiger partial charge on any atom is -0.501 e. The lowest BCUT2D eigenvalue weighted by atomic mass is 9.99. The highest BCUT2D eigenvalue weighted by Gasteiger charge is 1.99. The Morgan fingerprint density at radius 2 is 1.80 bits per heavy atom. The number of hydrogen-bond acceptors (Lipinski definition) is 2. The van der Waals surface area contributed by atoms with E-state index in [2.05, 4.69) is 19.7 Å². The van der Waals surface area contributed by atoms with Crippen molar-refractivity contribution in [2.75, 3.05) is 20.3 Å². The molecule has 0 aliphatic rings. The van der Waals surface area contributed by atoms with Gasteiger partial charge in [0, 0.05) is 26.1 Å². The van der Waals surface area contributed by atoms with Crippen molar-refractivity contribution in [2.45, 2.75) is 40.5 Å². The minimum absolute atomic E-state index is 0.419. The number of hydrogen-bond donors (Lipinski definition) is 0. The molecule has 0 rings (SSSR count). The van der Waals surface area contributed by atoms with Crippen molar-refractivity contribution in [2.24, 2.45) is 5.92 Å². The quantitative estimate of drug-likeness (QED) is 0.314. The number of methoxy groups -OCH3 is 1. The summed E-state index contributed by atoms with van der Waals surface area (Å²) in [6, 6.07) is 0. The van der Waals surface area contributed by atoms with Crippen LogP contribution >= 0.6 is 0 Å². The van der Waals surface area contributed by atoms with Crippen molar-refractivity contribution in [1.29, 1.82) is 0 Å². The fourth-order valence-corrected chi connectivity index (χ4v) is 1.13. The van der Waals surface area contributed by atoms with E-state index in [0.29, 0.717) is 5.92 Å². The van der Waals surface area contributed by atoms with E-state index in [0.717, 1.165) is 31.6 Å². The first-order valence-electron chi connectivity index (χ1n) is 7.24. The van der Waals surface area contributed by atoms with Gasteiger partial charge >= 0.3 is 0 Å². The van der Waals surface area contributed by atoms with Gasteiger partial charge in [0.25, 0.3) is 0 Å². The van der Waals surface area contributed by atoms with Crippen molar-refractivity contribution in [3.05, 3.63) is 49.8 Å². The summed E-state index contributed by atoms with van der Waals surface area (Å²) in [6.07, 6.45) is 9.27. The fourth-order valence-electron chi connectivity index (χ4n) is 1.13. The van der Waals surface area contributed by atoms with E-state index in [1.807, 2.05) is 45.9 Å². The SMILES string of the molecule is C/C=C/OCCCOC.C=CC[C@H](C=C)C(=C)C.CC. The van der Waals surface area contributed by atoms with E-state index in [9.17, 15) is 0 Å². The Labute approximate surface area is 126 Å². The van der Waals surface area contributed by atoms with Gasteiger partial charge in [-0.2, -0.15) is 0 Å². The lowest BCUT2D eigenvalue weighted by molar-refractivity contribution is 0.157. The van der Waals surface area contributed by atoms with E-state index in [4.69, 9.17) is 9.47 Å². The highest BCUT2D eigenvalue weighted by atomic mass is 16.5. The summed E-state index contributed by atoms with van der Waals surface area (Å²) in [7, 11) is 1.69. The second-order valence-electron chi connectivity index (χ2n) is 3.90. The standard InChI is InChI=1S/C9H14.C7H14O2.C2H6/c1-5-7-9(6-2)8(3)4;1-3-5-9-7-4-6-8-2;1-2/h5-6,9H,1-3,7H2,4H3;3,5H,4,6-7H2,1-2H3;1-2H3/b;5-3+;/t9-;;/m0../s1. The van der Waals surface area contributed by atoms with Crippen LogP contribution in [0.1, 0.15) is 40.5 Å². The first kappa shape index (κ1) is 23.8. The molecule has 0 saturated carbocycles. The third kappa shape index (κ3) is 21.9. The van der Waals surface area contributed by atoms with Crippen molar-refractivity contribution in [3.63, 3.8) is 0 Å². The van der Waals surface area contributed by atoms with Gasteiger partial charge in [0.1, 0.15) is 0 Å². The molecule has 20 heavy (non-hydrogen) atoms. The van der Waals surface area contributed by atoms with E-state index in [1.54, 1.807) is 13.4 Å². The van der Waals surface area contributed by atoms with Crippen molar-refractivity contribution < 1.29 is 9.47 Å². The molecule has 0 aromatic carbocycles. The average molecular weight is 282 g/mol. The Morgan fingerprint density at radius 3 is 2.10 bits per heavy atom. The highest BCUT2D eigenvalue weighted by molar-refractivity contribution is 5.06. The van der Waals surface area contributed by atoms with Gasteiger partial charge in [-0.1, -0.05) is 44.2 Å². The van der Waals surface area contributed by atoms with Gasteiger partial charge < -0.3 is 9.47 Å². The zero-order chi connectivity index (χ0) is 16.2. The van der Waals surface area contributed by atoms with E-state index in [-0.39, 0.29) is 0 Å². The second-order valence-corrected chi connectivity index (χ2v) is 3.90. The first-order chi connectivity index (χ1) is 9.63. The topological polar surface area (TPSA) is 18.5 Å². The molecule has 2 heteroatoms. The fraction of sp³-hybridized carbons (Fsp3) is 0.556. The minimum atomic E-state index is 0.419. The Kier molecular flexibility index (Phi) is 27.2. The molecule has 0 spiro atoms. The summed E-state index contributed by atoms with van der Waals surface area (Å²) in [6.45, 7) is 20.6. The first-order valence-corrected chi connectivity index (χ1v) is 7.24. The summed E-state index contributed by atoms with van der Waals surface area (Å²) in [5, 5.41) is 0. The third-order valence-electron chi connectivity index (χ3n) is 2.18. The van der Waals surface area contributed by atoms with Crippen LogP contribution in [0.2, 0.25) is 0 Å². The maximum absolute atomic E-state index is 5.02. The number of ether oxygens (including phenoxy) is 2. The van der Waals surface area contributed by atoms with Crippen molar-refractivity contribution in [3.8, 4) is 0 Å². The zero-order valence-corrected chi connectivity index (χ0v) is 14.2. The monoisotopic (exact) mass is 282 g/mol. The largest absolute Gasteiger partial charge is 0.501 e. The summed E-state index contributed by atoms with van der Waals surface area (Å²) in [4.78, 5) is 0. The lowest BCUT2D eigenvalue weighted by Crippen LogP contribution is -1.93. The second kappa shape index (κ2) is 22.9. The van der Waals surface area contributed by atoms with Gasteiger partial charge in [-0.25, -0.2) is 0 Å². The molecule has 0 unspecified atom stereocenters. The van der Waals surface area contributed by atoms with Gasteiger partial charge in [-0.3, -0.25) is 0 Å². The van der Waals surface area contributed by atoms with Crippen molar-refractivity contribution >= 4 is 0 Å². The van der Waals surface area contributed by atoms with Crippen LogP contribution in [0.15, 0.2) is 49.8 Å². The summed E-state index contributed by atoms with van der Waals surface area (Å²) < 4.78 is 9.84. The zero-order valence-electron chi connectivity index (χ0n) is 14.2. The predicted molar refractivity (Wildman–Crippen MR) is 91.9 cm³/mol. The molecule has 0 aliphatic carbocycles. The van der Waals surface area contributed by atoms with Crippen molar-refractivity contribution in [1.82, 2.24) is 0 Å². The molecule has 0 saturated heterocycles. The van der Waals surface area contributed by atoms with Gasteiger partial charge in [0.2, 0.25) is 0 Å². The molecule has 0 N–H and O–H groups in total. The van der Waals surface area contributed by atoms with E-state index >= 15 is 0 Å². The molecule has 1 atom stereocenters. The maximum Gasteiger partial charge on any atom is 0.0895 e. The molecule has 0 aromatic rings. The van der Waals surface area contributed by atoms with Crippen LogP contribution < -0.4 is 0 Å². The highest BCUT2D eigenvalue weighted by Crippen LogP contribution is 2.13. The smallest absolute Gasteiger partial charge is 0.0895 e. The van der Waals surface area contributed by atoms with Crippen LogP contribution in [0.3, 0.4) is 0 Å². The average Bonchev–Trinajstić information content (AvgIpc) is 2.47. The molecular weight excluding hydrogens is 248 g/mol. The molecular formula is C18H34O2. The van der Waals surface area contributed by atoms with Crippen LogP contribution in [0, 0.1) is 5.92 Å². The molecule has 0 radical (unpaired) electrons. The number of allylic oxidation sites excluding steroid dienone is 4. The Bertz CT molecular complexity index is 242. The van der Waals surface area contributed by atoms with Crippen LogP contribution in [-0.2, 0) is 9.47 Å². The van der Waals surface area contributed by atoms with Gasteiger partial charge in [0.05, 0.1) is 12.9 Å². The van der Waals surface area contributed by atoms with Crippen LogP contribution in [0.5, 0.6) is 0 Å². The molecule has 0 fully saturated rings. The van der Waals surface area contributed by atoms with E-state index in [1.165, 1.54) is 0 Å². The normalized spacial score (nSPS) is 10.4. The lowest BCUT2D eigenvalue weighted by Gasteiger charge is -2.07. The molecule has 0 aromatic heterocycles. The Hall–Kier alpha value is -1.28. The Morgan fingerprint density at radius 1 is 1.20 bits per heavy atom. The Balaban J connectivity index is -0.000000257. The van der Waals surface area contributed by atoms with Crippen LogP contribution in [0.25, 0.3) is 0 Å². The third-order valence-corrected chi connectivity index (χ3v) is 2.18. The number of rotatable bonds is 9. The van der Waals surface area contributed by atoms with Gasteiger partial charge in [0.15, 0.2) is 0 Å². The predicted octanol–water partition coefficient (Wildman–Crippen LogP) is 5.54.